The van der Waals surface area contributed by atoms with Crippen LogP contribution in [0.15, 0.2) is 41.0 Å². The summed E-state index contributed by atoms with van der Waals surface area (Å²) in [5, 5.41) is 3.35. The van der Waals surface area contributed by atoms with Crippen LogP contribution in [0.2, 0.25) is 0 Å². The van der Waals surface area contributed by atoms with E-state index in [9.17, 15) is 9.59 Å². The number of hydrogen-bond acceptors (Lipinski definition) is 3. The molecule has 0 bridgehead atoms. The van der Waals surface area contributed by atoms with Crippen LogP contribution in [0.5, 0.6) is 0 Å². The Morgan fingerprint density at radius 3 is 2.67 bits per heavy atom. The molecule has 1 aliphatic carbocycles. The van der Waals surface area contributed by atoms with Crippen LogP contribution in [0.25, 0.3) is 11.1 Å². The molecule has 2 aromatic heterocycles. The zero-order valence-corrected chi connectivity index (χ0v) is 20.1. The number of benzene rings is 1. The fraction of sp³-hybridized carbons (Fsp3) is 0.481. The summed E-state index contributed by atoms with van der Waals surface area (Å²) >= 11 is 0. The van der Waals surface area contributed by atoms with Gasteiger partial charge in [-0.05, 0) is 62.3 Å². The minimum Gasteiger partial charge on any atom is -0.463 e. The Labute approximate surface area is 194 Å². The van der Waals surface area contributed by atoms with Crippen LogP contribution in [0.1, 0.15) is 61.6 Å². The summed E-state index contributed by atoms with van der Waals surface area (Å²) in [4.78, 5) is 29.6. The van der Waals surface area contributed by atoms with E-state index in [1.165, 1.54) is 6.42 Å². The summed E-state index contributed by atoms with van der Waals surface area (Å²) < 4.78 is 7.51. The zero-order valence-electron chi connectivity index (χ0n) is 20.1. The lowest BCUT2D eigenvalue weighted by Crippen LogP contribution is -2.66. The molecule has 1 N–H and O–H groups in total. The Kier molecular flexibility index (Phi) is 5.15. The fourth-order valence-corrected chi connectivity index (χ4v) is 5.59. The number of fused-ring (bicyclic) bond motifs is 3. The molecule has 4 atom stereocenters. The Morgan fingerprint density at radius 1 is 1.12 bits per heavy atom. The topological polar surface area (TPSA) is 67.5 Å². The molecule has 1 aliphatic heterocycles. The van der Waals surface area contributed by atoms with Crippen molar-refractivity contribution in [2.75, 3.05) is 4.90 Å². The number of aryl methyl sites for hydroxylation is 2. The number of nitrogens with one attached hydrogen (secondary N) is 1. The van der Waals surface area contributed by atoms with Gasteiger partial charge < -0.3 is 14.3 Å². The average molecular weight is 448 g/mol. The summed E-state index contributed by atoms with van der Waals surface area (Å²) in [6.07, 6.45) is 4.92. The van der Waals surface area contributed by atoms with Gasteiger partial charge in [-0.25, -0.2) is 0 Å². The van der Waals surface area contributed by atoms with Gasteiger partial charge in [-0.15, -0.1) is 0 Å². The Bertz CT molecular complexity index is 1240. The van der Waals surface area contributed by atoms with E-state index in [4.69, 9.17) is 4.42 Å². The van der Waals surface area contributed by atoms with Crippen LogP contribution < -0.4 is 10.2 Å². The van der Waals surface area contributed by atoms with E-state index in [0.29, 0.717) is 29.7 Å². The standard InChI is InChI=1S/C27H33N3O3/c1-16-9-10-20(13-18(16)3)30-25(31)23-14-24-22(11-12-33-24)29(23)15-27(30,5)26(32)28-21-8-6-7-17(2)19(21)4/h9-14,17,19,21H,6-8,15H2,1-5H3,(H,28,32)/t17-,19-,21+,27+/m0/s1. The first-order chi connectivity index (χ1) is 15.7. The lowest BCUT2D eigenvalue weighted by molar-refractivity contribution is -0.128. The third-order valence-electron chi connectivity index (χ3n) is 8.17. The van der Waals surface area contributed by atoms with Crippen molar-refractivity contribution < 1.29 is 14.0 Å². The van der Waals surface area contributed by atoms with E-state index in [1.54, 1.807) is 17.2 Å². The number of nitrogens with zero attached hydrogens (tertiary/aromatic N) is 2. The molecule has 0 saturated heterocycles. The maximum absolute atomic E-state index is 14.0. The lowest BCUT2D eigenvalue weighted by atomic mass is 9.77. The van der Waals surface area contributed by atoms with E-state index < -0.39 is 5.54 Å². The molecule has 0 unspecified atom stereocenters. The van der Waals surface area contributed by atoms with E-state index >= 15 is 0 Å². The minimum absolute atomic E-state index is 0.101. The van der Waals surface area contributed by atoms with Crippen LogP contribution in [0, 0.1) is 25.7 Å². The lowest BCUT2D eigenvalue weighted by Gasteiger charge is -2.45. The first-order valence-electron chi connectivity index (χ1n) is 12.0. The third-order valence-corrected chi connectivity index (χ3v) is 8.17. The van der Waals surface area contributed by atoms with Gasteiger partial charge in [0, 0.05) is 23.9 Å². The highest BCUT2D eigenvalue weighted by Crippen LogP contribution is 2.37. The van der Waals surface area contributed by atoms with Crippen molar-refractivity contribution in [2.24, 2.45) is 11.8 Å². The fourth-order valence-electron chi connectivity index (χ4n) is 5.59. The van der Waals surface area contributed by atoms with Crippen molar-refractivity contribution >= 4 is 28.6 Å². The van der Waals surface area contributed by atoms with Gasteiger partial charge in [0.05, 0.1) is 18.3 Å². The zero-order chi connectivity index (χ0) is 23.5. The van der Waals surface area contributed by atoms with E-state index in [1.807, 2.05) is 49.6 Å². The van der Waals surface area contributed by atoms with Gasteiger partial charge in [0.15, 0.2) is 5.58 Å². The number of furan rings is 1. The first-order valence-corrected chi connectivity index (χ1v) is 12.0. The van der Waals surface area contributed by atoms with Gasteiger partial charge in [-0.1, -0.05) is 32.8 Å². The molecular weight excluding hydrogens is 414 g/mol. The second-order valence-electron chi connectivity index (χ2n) is 10.3. The number of hydrogen-bond donors (Lipinski definition) is 1. The molecule has 1 saturated carbocycles. The molecule has 3 aromatic rings. The number of aromatic nitrogens is 1. The molecule has 6 heteroatoms. The third kappa shape index (κ3) is 3.38. The summed E-state index contributed by atoms with van der Waals surface area (Å²) in [5.41, 5.74) is 3.97. The number of carbonyl (C=O) groups excluding carboxylic acids is 2. The molecule has 2 aliphatic rings. The molecular formula is C27H33N3O3. The van der Waals surface area contributed by atoms with Crippen molar-refractivity contribution in [1.82, 2.24) is 9.88 Å². The summed E-state index contributed by atoms with van der Waals surface area (Å²) in [7, 11) is 0. The van der Waals surface area contributed by atoms with Crippen molar-refractivity contribution in [3.8, 4) is 0 Å². The summed E-state index contributed by atoms with van der Waals surface area (Å²) in [6.45, 7) is 10.8. The van der Waals surface area contributed by atoms with Crippen LogP contribution in [0.3, 0.4) is 0 Å². The molecule has 6 nitrogen and oxygen atoms in total. The van der Waals surface area contributed by atoms with E-state index in [-0.39, 0.29) is 17.9 Å². The highest BCUT2D eigenvalue weighted by atomic mass is 16.3. The minimum atomic E-state index is -1.07. The monoisotopic (exact) mass is 447 g/mol. The summed E-state index contributed by atoms with van der Waals surface area (Å²) in [5.74, 6) is 0.695. The van der Waals surface area contributed by atoms with Gasteiger partial charge in [0.25, 0.3) is 5.91 Å². The smallest absolute Gasteiger partial charge is 0.276 e. The molecule has 5 rings (SSSR count). The van der Waals surface area contributed by atoms with Crippen molar-refractivity contribution in [1.29, 1.82) is 0 Å². The molecule has 1 aromatic carbocycles. The van der Waals surface area contributed by atoms with Crippen molar-refractivity contribution in [3.63, 3.8) is 0 Å². The predicted molar refractivity (Wildman–Crippen MR) is 129 cm³/mol. The largest absolute Gasteiger partial charge is 0.463 e. The Morgan fingerprint density at radius 2 is 1.91 bits per heavy atom. The number of amides is 2. The Balaban J connectivity index is 1.59. The molecule has 0 spiro atoms. The molecule has 33 heavy (non-hydrogen) atoms. The molecule has 3 heterocycles. The maximum Gasteiger partial charge on any atom is 0.276 e. The second-order valence-corrected chi connectivity index (χ2v) is 10.3. The number of anilines is 1. The van der Waals surface area contributed by atoms with Crippen LogP contribution in [-0.2, 0) is 11.3 Å². The van der Waals surface area contributed by atoms with Gasteiger partial charge in [-0.2, -0.15) is 0 Å². The molecule has 0 radical (unpaired) electrons. The van der Waals surface area contributed by atoms with Crippen molar-refractivity contribution in [3.05, 3.63) is 53.4 Å². The second kappa shape index (κ2) is 7.79. The number of carbonyl (C=O) groups is 2. The van der Waals surface area contributed by atoms with Gasteiger partial charge >= 0.3 is 0 Å². The Hall–Kier alpha value is -3.02. The summed E-state index contributed by atoms with van der Waals surface area (Å²) in [6, 6.07) is 9.73. The van der Waals surface area contributed by atoms with Crippen LogP contribution >= 0.6 is 0 Å². The highest BCUT2D eigenvalue weighted by Gasteiger charge is 2.49. The van der Waals surface area contributed by atoms with E-state index in [2.05, 4.69) is 19.2 Å². The first kappa shape index (κ1) is 21.8. The highest BCUT2D eigenvalue weighted by molar-refractivity contribution is 6.13. The predicted octanol–water partition coefficient (Wildman–Crippen LogP) is 5.21. The van der Waals surface area contributed by atoms with Crippen molar-refractivity contribution in [2.45, 2.75) is 72.0 Å². The maximum atomic E-state index is 14.0. The van der Waals surface area contributed by atoms with Crippen LogP contribution in [0.4, 0.5) is 5.69 Å². The van der Waals surface area contributed by atoms with Gasteiger partial charge in [0.2, 0.25) is 5.91 Å². The van der Waals surface area contributed by atoms with Gasteiger partial charge in [-0.3, -0.25) is 14.5 Å². The molecule has 1 fully saturated rings. The molecule has 174 valence electrons. The van der Waals surface area contributed by atoms with E-state index in [0.717, 1.165) is 35.2 Å². The normalized spacial score (nSPS) is 27.6. The average Bonchev–Trinajstić information content (AvgIpc) is 3.36. The van der Waals surface area contributed by atoms with Gasteiger partial charge in [0.1, 0.15) is 11.2 Å². The quantitative estimate of drug-likeness (QED) is 0.599. The van der Waals surface area contributed by atoms with Crippen LogP contribution in [-0.4, -0.2) is 28.0 Å². The SMILES string of the molecule is Cc1ccc(N2C(=O)c3cc4occc4n3C[C@]2(C)C(=O)N[C@@H]2CCC[C@H](C)[C@@H]2C)cc1C. The molecule has 2 amide bonds. The number of rotatable bonds is 3.